The molecule has 1 unspecified atom stereocenters. The summed E-state index contributed by atoms with van der Waals surface area (Å²) in [6, 6.07) is 6.17. The summed E-state index contributed by atoms with van der Waals surface area (Å²) < 4.78 is 13.3. The van der Waals surface area contributed by atoms with E-state index in [1.165, 1.54) is 12.1 Å². The van der Waals surface area contributed by atoms with E-state index in [1.807, 2.05) is 6.07 Å². The van der Waals surface area contributed by atoms with E-state index in [1.54, 1.807) is 11.0 Å². The molecule has 1 amide bonds. The monoisotopic (exact) mass is 260 g/mol. The Hall–Kier alpha value is -1.89. The van der Waals surface area contributed by atoms with Crippen LogP contribution in [0.2, 0.25) is 0 Å². The summed E-state index contributed by atoms with van der Waals surface area (Å²) in [6.45, 7) is 3.25. The Labute approximate surface area is 112 Å². The maximum absolute atomic E-state index is 13.3. The van der Waals surface area contributed by atoms with Gasteiger partial charge in [0.2, 0.25) is 5.91 Å². The van der Waals surface area contributed by atoms with E-state index < -0.39 is 5.82 Å². The molecule has 1 fully saturated rings. The molecule has 3 nitrogen and oxygen atoms in total. The standard InChI is InChI=1S/C15H17FN2O/c1-2-3-11-7-15(19)18(9-11)10-13-4-12(8-17)5-14(16)6-13/h4-6,11H,2-3,7,9-10H2,1H3. The van der Waals surface area contributed by atoms with Gasteiger partial charge in [-0.3, -0.25) is 4.79 Å². The molecule has 0 radical (unpaired) electrons. The van der Waals surface area contributed by atoms with Gasteiger partial charge in [-0.25, -0.2) is 4.39 Å². The number of likely N-dealkylation sites (tertiary alicyclic amines) is 1. The highest BCUT2D eigenvalue weighted by atomic mass is 19.1. The minimum Gasteiger partial charge on any atom is -0.338 e. The lowest BCUT2D eigenvalue weighted by Crippen LogP contribution is -2.24. The Morgan fingerprint density at radius 3 is 2.95 bits per heavy atom. The molecule has 0 spiro atoms. The normalized spacial score (nSPS) is 18.7. The molecule has 0 saturated carbocycles. The first kappa shape index (κ1) is 13.5. The molecule has 19 heavy (non-hydrogen) atoms. The van der Waals surface area contributed by atoms with Crippen LogP contribution in [0.1, 0.15) is 37.3 Å². The summed E-state index contributed by atoms with van der Waals surface area (Å²) in [5, 5.41) is 8.81. The van der Waals surface area contributed by atoms with Gasteiger partial charge in [0.25, 0.3) is 0 Å². The van der Waals surface area contributed by atoms with E-state index in [0.717, 1.165) is 19.4 Å². The van der Waals surface area contributed by atoms with Crippen LogP contribution >= 0.6 is 0 Å². The predicted molar refractivity (Wildman–Crippen MR) is 69.5 cm³/mol. The SMILES string of the molecule is CCCC1CC(=O)N(Cc2cc(F)cc(C#N)c2)C1. The highest BCUT2D eigenvalue weighted by Gasteiger charge is 2.28. The van der Waals surface area contributed by atoms with Crippen molar-refractivity contribution in [2.24, 2.45) is 5.92 Å². The van der Waals surface area contributed by atoms with Crippen LogP contribution in [0.15, 0.2) is 18.2 Å². The molecule has 1 aliphatic rings. The summed E-state index contributed by atoms with van der Waals surface area (Å²) in [6.07, 6.45) is 2.72. The van der Waals surface area contributed by atoms with Gasteiger partial charge in [-0.1, -0.05) is 13.3 Å². The number of carbonyl (C=O) groups excluding carboxylic acids is 1. The van der Waals surface area contributed by atoms with Crippen LogP contribution in [-0.2, 0) is 11.3 Å². The van der Waals surface area contributed by atoms with Crippen molar-refractivity contribution in [1.82, 2.24) is 4.90 Å². The van der Waals surface area contributed by atoms with Gasteiger partial charge in [0.05, 0.1) is 11.6 Å². The fourth-order valence-electron chi connectivity index (χ4n) is 2.64. The highest BCUT2D eigenvalue weighted by Crippen LogP contribution is 2.24. The van der Waals surface area contributed by atoms with Crippen molar-refractivity contribution in [3.63, 3.8) is 0 Å². The Morgan fingerprint density at radius 2 is 2.26 bits per heavy atom. The first-order valence-electron chi connectivity index (χ1n) is 6.59. The average Bonchev–Trinajstić information content (AvgIpc) is 2.69. The lowest BCUT2D eigenvalue weighted by molar-refractivity contribution is -0.128. The lowest BCUT2D eigenvalue weighted by atomic mass is 10.0. The fraction of sp³-hybridized carbons (Fsp3) is 0.467. The molecular weight excluding hydrogens is 243 g/mol. The van der Waals surface area contributed by atoms with Crippen LogP contribution in [0.5, 0.6) is 0 Å². The molecule has 1 aromatic rings. The number of rotatable bonds is 4. The molecule has 1 heterocycles. The number of benzene rings is 1. The van der Waals surface area contributed by atoms with Crippen LogP contribution in [-0.4, -0.2) is 17.4 Å². The summed E-state index contributed by atoms with van der Waals surface area (Å²) in [5.74, 6) is 0.119. The lowest BCUT2D eigenvalue weighted by Gasteiger charge is -2.17. The van der Waals surface area contributed by atoms with Crippen molar-refractivity contribution in [3.05, 3.63) is 35.1 Å². The molecule has 0 N–H and O–H groups in total. The second kappa shape index (κ2) is 5.83. The van der Waals surface area contributed by atoms with Gasteiger partial charge in [0, 0.05) is 19.5 Å². The smallest absolute Gasteiger partial charge is 0.223 e. The van der Waals surface area contributed by atoms with Crippen molar-refractivity contribution in [1.29, 1.82) is 5.26 Å². The Bertz CT molecular complexity index is 521. The maximum Gasteiger partial charge on any atom is 0.223 e. The van der Waals surface area contributed by atoms with Gasteiger partial charge in [-0.2, -0.15) is 5.26 Å². The van der Waals surface area contributed by atoms with E-state index in [-0.39, 0.29) is 5.91 Å². The minimum atomic E-state index is -0.425. The molecule has 1 aromatic carbocycles. The molecule has 0 aliphatic carbocycles. The van der Waals surface area contributed by atoms with E-state index in [0.29, 0.717) is 30.0 Å². The van der Waals surface area contributed by atoms with Crippen LogP contribution in [0.3, 0.4) is 0 Å². The Morgan fingerprint density at radius 1 is 1.47 bits per heavy atom. The maximum atomic E-state index is 13.3. The summed E-state index contributed by atoms with van der Waals surface area (Å²) in [4.78, 5) is 13.6. The highest BCUT2D eigenvalue weighted by molar-refractivity contribution is 5.78. The van der Waals surface area contributed by atoms with Gasteiger partial charge in [-0.05, 0) is 36.1 Å². The molecule has 0 bridgehead atoms. The third kappa shape index (κ3) is 3.31. The fourth-order valence-corrected chi connectivity index (χ4v) is 2.64. The van der Waals surface area contributed by atoms with Gasteiger partial charge < -0.3 is 4.90 Å². The van der Waals surface area contributed by atoms with Gasteiger partial charge in [-0.15, -0.1) is 0 Å². The largest absolute Gasteiger partial charge is 0.338 e. The van der Waals surface area contributed by atoms with Crippen molar-refractivity contribution in [2.75, 3.05) is 6.54 Å². The van der Waals surface area contributed by atoms with Crippen molar-refractivity contribution < 1.29 is 9.18 Å². The van der Waals surface area contributed by atoms with Crippen molar-refractivity contribution in [2.45, 2.75) is 32.7 Å². The zero-order chi connectivity index (χ0) is 13.8. The summed E-state index contributed by atoms with van der Waals surface area (Å²) in [7, 11) is 0. The van der Waals surface area contributed by atoms with Crippen LogP contribution in [0, 0.1) is 23.1 Å². The first-order valence-corrected chi connectivity index (χ1v) is 6.59. The van der Waals surface area contributed by atoms with E-state index in [9.17, 15) is 9.18 Å². The second-order valence-electron chi connectivity index (χ2n) is 5.09. The van der Waals surface area contributed by atoms with E-state index in [4.69, 9.17) is 5.26 Å². The molecule has 2 rings (SSSR count). The average molecular weight is 260 g/mol. The van der Waals surface area contributed by atoms with Gasteiger partial charge >= 0.3 is 0 Å². The van der Waals surface area contributed by atoms with Gasteiger partial charge in [0.1, 0.15) is 5.82 Å². The molecule has 0 aromatic heterocycles. The third-order valence-electron chi connectivity index (χ3n) is 3.45. The molecule has 1 atom stereocenters. The summed E-state index contributed by atoms with van der Waals surface area (Å²) >= 11 is 0. The Balaban J connectivity index is 2.07. The van der Waals surface area contributed by atoms with Crippen LogP contribution < -0.4 is 0 Å². The number of amides is 1. The molecule has 1 saturated heterocycles. The number of hydrogen-bond donors (Lipinski definition) is 0. The number of nitriles is 1. The molecule has 1 aliphatic heterocycles. The predicted octanol–water partition coefficient (Wildman–Crippen LogP) is 2.85. The molecular formula is C15H17FN2O. The van der Waals surface area contributed by atoms with Crippen LogP contribution in [0.25, 0.3) is 0 Å². The molecule has 100 valence electrons. The van der Waals surface area contributed by atoms with Crippen molar-refractivity contribution in [3.8, 4) is 6.07 Å². The van der Waals surface area contributed by atoms with Crippen LogP contribution in [0.4, 0.5) is 4.39 Å². The van der Waals surface area contributed by atoms with Gasteiger partial charge in [0.15, 0.2) is 0 Å². The van der Waals surface area contributed by atoms with Crippen molar-refractivity contribution >= 4 is 5.91 Å². The Kier molecular flexibility index (Phi) is 4.16. The zero-order valence-corrected chi connectivity index (χ0v) is 11.0. The first-order chi connectivity index (χ1) is 9.12. The zero-order valence-electron chi connectivity index (χ0n) is 11.0. The number of nitrogens with zero attached hydrogens (tertiary/aromatic N) is 2. The number of halogens is 1. The third-order valence-corrected chi connectivity index (χ3v) is 3.45. The number of hydrogen-bond acceptors (Lipinski definition) is 2. The topological polar surface area (TPSA) is 44.1 Å². The van der Waals surface area contributed by atoms with E-state index >= 15 is 0 Å². The quantitative estimate of drug-likeness (QED) is 0.835. The summed E-state index contributed by atoms with van der Waals surface area (Å²) in [5.41, 5.74) is 0.980. The minimum absolute atomic E-state index is 0.126. The second-order valence-corrected chi connectivity index (χ2v) is 5.09. The number of carbonyl (C=O) groups is 1. The van der Waals surface area contributed by atoms with E-state index in [2.05, 4.69) is 6.92 Å². The molecule has 4 heteroatoms.